The Balaban J connectivity index is 2.10. The summed E-state index contributed by atoms with van der Waals surface area (Å²) in [6, 6.07) is 4.53. The third kappa shape index (κ3) is 1.32. The Morgan fingerprint density at radius 1 is 0.944 bits per heavy atom. The Morgan fingerprint density at radius 2 is 1.94 bits per heavy atom. The normalized spacial score (nSPS) is 22.2. The number of rotatable bonds is 0. The standard InChI is InChI=1S/C18H14/c1-3-7-15-13(5-1)9-11-18-16-8-4-2-6-14(16)10-12-17(15)18/h1-7,9-13H,8H2. The van der Waals surface area contributed by atoms with Crippen molar-refractivity contribution in [2.75, 3.05) is 0 Å². The van der Waals surface area contributed by atoms with E-state index in [2.05, 4.69) is 66.8 Å². The van der Waals surface area contributed by atoms with Crippen LogP contribution in [0.3, 0.4) is 0 Å². The zero-order valence-corrected chi connectivity index (χ0v) is 10.1. The average Bonchev–Trinajstić information content (AvgIpc) is 2.46. The third-order valence-corrected chi connectivity index (χ3v) is 3.97. The molecule has 0 N–H and O–H groups in total. The van der Waals surface area contributed by atoms with Crippen LogP contribution in [-0.4, -0.2) is 0 Å². The van der Waals surface area contributed by atoms with E-state index in [1.165, 1.54) is 27.1 Å². The number of allylic oxidation sites excluding steroid dienone is 7. The molecule has 0 aliphatic heterocycles. The van der Waals surface area contributed by atoms with Gasteiger partial charge in [0.1, 0.15) is 0 Å². The molecule has 0 bridgehead atoms. The summed E-state index contributed by atoms with van der Waals surface area (Å²) in [5, 5.41) is 2.78. The minimum absolute atomic E-state index is 0.462. The van der Waals surface area contributed by atoms with Crippen molar-refractivity contribution in [3.8, 4) is 0 Å². The zero-order valence-electron chi connectivity index (χ0n) is 10.1. The molecule has 1 unspecified atom stereocenters. The molecule has 0 fully saturated rings. The SMILES string of the molecule is C1=CCc2c3c(ccc2=C1)=C1C=CC=CC1C=C3. The summed E-state index contributed by atoms with van der Waals surface area (Å²) in [5.41, 5.74) is 4.33. The van der Waals surface area contributed by atoms with Crippen LogP contribution < -0.4 is 10.4 Å². The Morgan fingerprint density at radius 3 is 2.94 bits per heavy atom. The lowest BCUT2D eigenvalue weighted by molar-refractivity contribution is 1.06. The molecule has 3 aliphatic rings. The molecule has 1 aromatic carbocycles. The van der Waals surface area contributed by atoms with Crippen LogP contribution in [0.5, 0.6) is 0 Å². The number of hydrogen-bond donors (Lipinski definition) is 0. The largest absolute Gasteiger partial charge is 0.0801 e. The molecule has 18 heavy (non-hydrogen) atoms. The zero-order chi connectivity index (χ0) is 11.9. The summed E-state index contributed by atoms with van der Waals surface area (Å²) in [4.78, 5) is 0. The Labute approximate surface area is 107 Å². The van der Waals surface area contributed by atoms with Crippen LogP contribution in [-0.2, 0) is 6.42 Å². The van der Waals surface area contributed by atoms with E-state index < -0.39 is 0 Å². The first kappa shape index (κ1) is 9.90. The van der Waals surface area contributed by atoms with Gasteiger partial charge < -0.3 is 0 Å². The Hall–Kier alpha value is -2.08. The van der Waals surface area contributed by atoms with E-state index in [-0.39, 0.29) is 0 Å². The van der Waals surface area contributed by atoms with Crippen molar-refractivity contribution < 1.29 is 0 Å². The fourth-order valence-electron chi connectivity index (χ4n) is 3.06. The highest BCUT2D eigenvalue weighted by atomic mass is 14.2. The fourth-order valence-corrected chi connectivity index (χ4v) is 3.06. The second kappa shape index (κ2) is 3.71. The third-order valence-electron chi connectivity index (χ3n) is 3.97. The lowest BCUT2D eigenvalue weighted by Gasteiger charge is -2.20. The molecule has 1 aromatic rings. The first-order valence-corrected chi connectivity index (χ1v) is 6.49. The van der Waals surface area contributed by atoms with Crippen molar-refractivity contribution in [3.05, 3.63) is 76.2 Å². The molecule has 4 rings (SSSR count). The number of fused-ring (bicyclic) bond motifs is 4. The summed E-state index contributed by atoms with van der Waals surface area (Å²) in [6.07, 6.45) is 21.1. The second-order valence-electron chi connectivity index (χ2n) is 4.98. The predicted octanol–water partition coefficient (Wildman–Crippen LogP) is 2.50. The highest BCUT2D eigenvalue weighted by molar-refractivity contribution is 5.75. The molecule has 0 spiro atoms. The molecule has 1 atom stereocenters. The van der Waals surface area contributed by atoms with Crippen molar-refractivity contribution in [1.29, 1.82) is 0 Å². The maximum Gasteiger partial charge on any atom is 0.0211 e. The summed E-state index contributed by atoms with van der Waals surface area (Å²) < 4.78 is 0. The highest BCUT2D eigenvalue weighted by Crippen LogP contribution is 2.25. The van der Waals surface area contributed by atoms with E-state index in [1.54, 1.807) is 0 Å². The highest BCUT2D eigenvalue weighted by Gasteiger charge is 2.16. The van der Waals surface area contributed by atoms with Crippen LogP contribution in [0, 0.1) is 5.92 Å². The number of benzene rings is 1. The van der Waals surface area contributed by atoms with Gasteiger partial charge in [-0.3, -0.25) is 0 Å². The van der Waals surface area contributed by atoms with E-state index in [4.69, 9.17) is 0 Å². The monoisotopic (exact) mass is 230 g/mol. The van der Waals surface area contributed by atoms with Gasteiger partial charge >= 0.3 is 0 Å². The van der Waals surface area contributed by atoms with E-state index in [9.17, 15) is 0 Å². The maximum absolute atomic E-state index is 2.32. The van der Waals surface area contributed by atoms with Crippen molar-refractivity contribution in [2.24, 2.45) is 5.92 Å². The smallest absolute Gasteiger partial charge is 0.0211 e. The summed E-state index contributed by atoms with van der Waals surface area (Å²) in [7, 11) is 0. The van der Waals surface area contributed by atoms with Gasteiger partial charge in [-0.25, -0.2) is 0 Å². The minimum Gasteiger partial charge on any atom is -0.0801 e. The molecule has 0 amide bonds. The van der Waals surface area contributed by atoms with Gasteiger partial charge in [0.15, 0.2) is 0 Å². The van der Waals surface area contributed by atoms with Gasteiger partial charge in [0.05, 0.1) is 0 Å². The average molecular weight is 230 g/mol. The molecule has 0 heterocycles. The van der Waals surface area contributed by atoms with E-state index >= 15 is 0 Å². The van der Waals surface area contributed by atoms with Gasteiger partial charge in [0.2, 0.25) is 0 Å². The number of hydrogen-bond acceptors (Lipinski definition) is 0. The van der Waals surface area contributed by atoms with E-state index in [1.807, 2.05) is 0 Å². The molecule has 0 saturated heterocycles. The van der Waals surface area contributed by atoms with Gasteiger partial charge in [-0.15, -0.1) is 0 Å². The van der Waals surface area contributed by atoms with Crippen LogP contribution in [0.4, 0.5) is 0 Å². The predicted molar refractivity (Wildman–Crippen MR) is 77.2 cm³/mol. The van der Waals surface area contributed by atoms with Crippen molar-refractivity contribution >= 4 is 17.7 Å². The van der Waals surface area contributed by atoms with Crippen LogP contribution in [0.1, 0.15) is 11.1 Å². The van der Waals surface area contributed by atoms with Crippen LogP contribution >= 0.6 is 0 Å². The molecule has 3 aliphatic carbocycles. The van der Waals surface area contributed by atoms with Crippen LogP contribution in [0.15, 0.2) is 54.7 Å². The quantitative estimate of drug-likeness (QED) is 0.642. The van der Waals surface area contributed by atoms with Crippen molar-refractivity contribution in [1.82, 2.24) is 0 Å². The summed E-state index contributed by atoms with van der Waals surface area (Å²) >= 11 is 0. The summed E-state index contributed by atoms with van der Waals surface area (Å²) in [5.74, 6) is 0.462. The Bertz CT molecular complexity index is 752. The lowest BCUT2D eigenvalue weighted by atomic mass is 9.84. The Kier molecular flexibility index (Phi) is 2.04. The molecule has 0 radical (unpaired) electrons. The van der Waals surface area contributed by atoms with Crippen LogP contribution in [0.25, 0.3) is 17.7 Å². The summed E-state index contributed by atoms with van der Waals surface area (Å²) in [6.45, 7) is 0. The topological polar surface area (TPSA) is 0 Å². The van der Waals surface area contributed by atoms with Gasteiger partial charge in [-0.1, -0.05) is 66.8 Å². The van der Waals surface area contributed by atoms with Gasteiger partial charge in [0.25, 0.3) is 0 Å². The molecule has 86 valence electrons. The molecule has 0 aromatic heterocycles. The van der Waals surface area contributed by atoms with Crippen molar-refractivity contribution in [3.63, 3.8) is 0 Å². The van der Waals surface area contributed by atoms with E-state index in [0.717, 1.165) is 6.42 Å². The van der Waals surface area contributed by atoms with Gasteiger partial charge in [-0.2, -0.15) is 0 Å². The molecule has 0 heteroatoms. The van der Waals surface area contributed by atoms with Crippen molar-refractivity contribution in [2.45, 2.75) is 6.42 Å². The lowest BCUT2D eigenvalue weighted by Crippen LogP contribution is -2.25. The second-order valence-corrected chi connectivity index (χ2v) is 4.98. The molecule has 0 saturated carbocycles. The first-order chi connectivity index (χ1) is 8.93. The fraction of sp³-hybridized carbons (Fsp3) is 0.111. The van der Waals surface area contributed by atoms with Crippen LogP contribution in [0.2, 0.25) is 0 Å². The minimum atomic E-state index is 0.462. The van der Waals surface area contributed by atoms with E-state index in [0.29, 0.717) is 5.92 Å². The molecular weight excluding hydrogens is 216 g/mol. The molecule has 0 nitrogen and oxygen atoms in total. The maximum atomic E-state index is 2.32. The van der Waals surface area contributed by atoms with Gasteiger partial charge in [0, 0.05) is 5.92 Å². The van der Waals surface area contributed by atoms with Gasteiger partial charge in [-0.05, 0) is 33.6 Å². The first-order valence-electron chi connectivity index (χ1n) is 6.49. The molecular formula is C18H14.